The van der Waals surface area contributed by atoms with Crippen molar-refractivity contribution in [3.8, 4) is 5.75 Å². The number of para-hydroxylation sites is 1. The second-order valence-corrected chi connectivity index (χ2v) is 11.0. The van der Waals surface area contributed by atoms with Gasteiger partial charge in [0, 0.05) is 52.1 Å². The third-order valence-electron chi connectivity index (χ3n) is 5.23. The van der Waals surface area contributed by atoms with Gasteiger partial charge in [-0.1, -0.05) is 32.0 Å². The molecule has 1 heterocycles. The lowest BCUT2D eigenvalue weighted by atomic mass is 9.90. The predicted octanol–water partition coefficient (Wildman–Crippen LogP) is 2.73. The van der Waals surface area contributed by atoms with Crippen LogP contribution in [0, 0.1) is 5.41 Å². The van der Waals surface area contributed by atoms with Crippen molar-refractivity contribution in [3.63, 3.8) is 0 Å². The molecule has 0 bridgehead atoms. The summed E-state index contributed by atoms with van der Waals surface area (Å²) in [5, 5.41) is 3.39. The zero-order chi connectivity index (χ0) is 22.0. The molecule has 9 heteroatoms. The van der Waals surface area contributed by atoms with Crippen LogP contribution in [0.25, 0.3) is 0 Å². The molecule has 178 valence electrons. The third-order valence-corrected chi connectivity index (χ3v) is 6.18. The van der Waals surface area contributed by atoms with Crippen LogP contribution in [0.1, 0.15) is 27.2 Å². The van der Waals surface area contributed by atoms with E-state index in [1.54, 1.807) is 0 Å². The van der Waals surface area contributed by atoms with E-state index in [0.717, 1.165) is 51.0 Å². The van der Waals surface area contributed by atoms with E-state index in [1.165, 1.54) is 6.26 Å². The third kappa shape index (κ3) is 11.4. The number of benzene rings is 1. The molecule has 1 aromatic carbocycles. The normalized spacial score (nSPS) is 16.0. The molecular weight excluding hydrogens is 527 g/mol. The Kier molecular flexibility index (Phi) is 12.2. The second-order valence-electron chi connectivity index (χ2n) is 8.70. The fourth-order valence-electron chi connectivity index (χ4n) is 3.25. The van der Waals surface area contributed by atoms with Gasteiger partial charge in [0.05, 0.1) is 5.75 Å². The number of guanidine groups is 1. The minimum absolute atomic E-state index is 0. The van der Waals surface area contributed by atoms with E-state index in [-0.39, 0.29) is 35.1 Å². The highest BCUT2D eigenvalue weighted by Gasteiger charge is 2.23. The molecule has 1 aromatic rings. The zero-order valence-corrected chi connectivity index (χ0v) is 22.5. The second kappa shape index (κ2) is 13.5. The summed E-state index contributed by atoms with van der Waals surface area (Å²) >= 11 is 0. The van der Waals surface area contributed by atoms with E-state index in [0.29, 0.717) is 19.6 Å². The van der Waals surface area contributed by atoms with Gasteiger partial charge in [-0.25, -0.2) is 8.42 Å². The Morgan fingerprint density at radius 2 is 1.81 bits per heavy atom. The number of hydrogen-bond donors (Lipinski definition) is 1. The first-order chi connectivity index (χ1) is 14.2. The first-order valence-electron chi connectivity index (χ1n) is 10.8. The van der Waals surface area contributed by atoms with Gasteiger partial charge in [-0.05, 0) is 30.9 Å². The molecular formula is C22H39IN4O3S. The van der Waals surface area contributed by atoms with E-state index >= 15 is 0 Å². The SMILES string of the molecule is CCNC(=NCC(C)(C)CCS(C)(=O)=O)N1CCN(CCOc2ccccc2)CC1.I. The molecule has 0 atom stereocenters. The Balaban J connectivity index is 0.00000480. The number of halogens is 1. The lowest BCUT2D eigenvalue weighted by Crippen LogP contribution is -2.53. The van der Waals surface area contributed by atoms with Gasteiger partial charge < -0.3 is 15.0 Å². The monoisotopic (exact) mass is 566 g/mol. The van der Waals surface area contributed by atoms with Gasteiger partial charge in [-0.15, -0.1) is 24.0 Å². The summed E-state index contributed by atoms with van der Waals surface area (Å²) in [5.41, 5.74) is -0.152. The molecule has 0 aliphatic carbocycles. The Hall–Kier alpha value is -1.07. The molecule has 1 fully saturated rings. The Bertz CT molecular complexity index is 764. The number of ether oxygens (including phenoxy) is 1. The average Bonchev–Trinajstić information content (AvgIpc) is 2.71. The Morgan fingerprint density at radius 1 is 1.16 bits per heavy atom. The molecule has 1 saturated heterocycles. The van der Waals surface area contributed by atoms with Crippen molar-refractivity contribution < 1.29 is 13.2 Å². The molecule has 31 heavy (non-hydrogen) atoms. The van der Waals surface area contributed by atoms with Crippen LogP contribution in [-0.4, -0.2) is 88.6 Å². The first-order valence-corrected chi connectivity index (χ1v) is 12.9. The summed E-state index contributed by atoms with van der Waals surface area (Å²) in [6, 6.07) is 9.92. The number of hydrogen-bond acceptors (Lipinski definition) is 5. The highest BCUT2D eigenvalue weighted by molar-refractivity contribution is 14.0. The minimum atomic E-state index is -2.95. The van der Waals surface area contributed by atoms with E-state index in [4.69, 9.17) is 9.73 Å². The summed E-state index contributed by atoms with van der Waals surface area (Å²) in [6.45, 7) is 13.0. The van der Waals surface area contributed by atoms with Crippen LogP contribution in [-0.2, 0) is 9.84 Å². The highest BCUT2D eigenvalue weighted by atomic mass is 127. The van der Waals surface area contributed by atoms with Gasteiger partial charge in [0.1, 0.15) is 22.2 Å². The quantitative estimate of drug-likeness (QED) is 0.267. The molecule has 7 nitrogen and oxygen atoms in total. The lowest BCUT2D eigenvalue weighted by Gasteiger charge is -2.36. The van der Waals surface area contributed by atoms with E-state index in [1.807, 2.05) is 30.3 Å². The summed E-state index contributed by atoms with van der Waals surface area (Å²) in [5.74, 6) is 2.04. The highest BCUT2D eigenvalue weighted by Crippen LogP contribution is 2.21. The van der Waals surface area contributed by atoms with Crippen LogP contribution in [0.5, 0.6) is 5.75 Å². The fraction of sp³-hybridized carbons (Fsp3) is 0.682. The molecule has 0 radical (unpaired) electrons. The van der Waals surface area contributed by atoms with Crippen molar-refractivity contribution in [2.24, 2.45) is 10.4 Å². The topological polar surface area (TPSA) is 74.2 Å². The van der Waals surface area contributed by atoms with Crippen LogP contribution < -0.4 is 10.1 Å². The van der Waals surface area contributed by atoms with Gasteiger partial charge in [0.25, 0.3) is 0 Å². The predicted molar refractivity (Wildman–Crippen MR) is 139 cm³/mol. The van der Waals surface area contributed by atoms with Crippen molar-refractivity contribution in [2.45, 2.75) is 27.2 Å². The largest absolute Gasteiger partial charge is 0.492 e. The summed E-state index contributed by atoms with van der Waals surface area (Å²) in [6.07, 6.45) is 1.91. The number of nitrogens with one attached hydrogen (secondary N) is 1. The van der Waals surface area contributed by atoms with Crippen LogP contribution >= 0.6 is 24.0 Å². The van der Waals surface area contributed by atoms with Crippen molar-refractivity contribution in [2.75, 3.05) is 64.4 Å². The van der Waals surface area contributed by atoms with E-state index in [9.17, 15) is 8.42 Å². The van der Waals surface area contributed by atoms with Crippen molar-refractivity contribution in [3.05, 3.63) is 30.3 Å². The van der Waals surface area contributed by atoms with Crippen molar-refractivity contribution in [1.29, 1.82) is 0 Å². The van der Waals surface area contributed by atoms with Gasteiger partial charge in [-0.2, -0.15) is 0 Å². The number of rotatable bonds is 10. The molecule has 0 saturated carbocycles. The van der Waals surface area contributed by atoms with Crippen LogP contribution in [0.15, 0.2) is 35.3 Å². The fourth-order valence-corrected chi connectivity index (χ4v) is 4.17. The van der Waals surface area contributed by atoms with E-state index in [2.05, 4.69) is 35.9 Å². The molecule has 1 aliphatic heterocycles. The molecule has 0 spiro atoms. The molecule has 1 N–H and O–H groups in total. The molecule has 0 unspecified atom stereocenters. The maximum atomic E-state index is 11.5. The number of sulfone groups is 1. The summed E-state index contributed by atoms with van der Waals surface area (Å²) < 4.78 is 28.8. The van der Waals surface area contributed by atoms with E-state index < -0.39 is 9.84 Å². The van der Waals surface area contributed by atoms with Gasteiger partial charge >= 0.3 is 0 Å². The molecule has 1 aliphatic rings. The van der Waals surface area contributed by atoms with Gasteiger partial charge in [-0.3, -0.25) is 9.89 Å². The van der Waals surface area contributed by atoms with Gasteiger partial charge in [0.2, 0.25) is 0 Å². The molecule has 2 rings (SSSR count). The minimum Gasteiger partial charge on any atom is -0.492 e. The average molecular weight is 567 g/mol. The molecule has 0 amide bonds. The lowest BCUT2D eigenvalue weighted by molar-refractivity contribution is 0.152. The Morgan fingerprint density at radius 3 is 2.39 bits per heavy atom. The summed E-state index contributed by atoms with van der Waals surface area (Å²) in [4.78, 5) is 9.54. The van der Waals surface area contributed by atoms with Crippen molar-refractivity contribution >= 4 is 39.8 Å². The maximum absolute atomic E-state index is 11.5. The first kappa shape index (κ1) is 28.0. The van der Waals surface area contributed by atoms with Crippen molar-refractivity contribution in [1.82, 2.24) is 15.1 Å². The smallest absolute Gasteiger partial charge is 0.194 e. The number of nitrogens with zero attached hydrogens (tertiary/aromatic N) is 3. The van der Waals surface area contributed by atoms with Crippen LogP contribution in [0.3, 0.4) is 0 Å². The van der Waals surface area contributed by atoms with Crippen LogP contribution in [0.2, 0.25) is 0 Å². The number of piperazine rings is 1. The molecule has 0 aromatic heterocycles. The zero-order valence-electron chi connectivity index (χ0n) is 19.3. The standard InChI is InChI=1S/C22H38N4O3S.HI/c1-5-23-21(24-19-22(2,3)11-18-30(4,27)28)26-14-12-25(13-15-26)16-17-29-20-9-7-6-8-10-20;/h6-10H,5,11-19H2,1-4H3,(H,23,24);1H. The summed E-state index contributed by atoms with van der Waals surface area (Å²) in [7, 11) is -2.95. The van der Waals surface area contributed by atoms with Crippen LogP contribution in [0.4, 0.5) is 0 Å². The van der Waals surface area contributed by atoms with Gasteiger partial charge in [0.15, 0.2) is 5.96 Å². The number of aliphatic imine (C=N–C) groups is 1. The maximum Gasteiger partial charge on any atom is 0.194 e. The Labute approximate surface area is 205 Å².